The van der Waals surface area contributed by atoms with Crippen LogP contribution in [0, 0.1) is 0 Å². The first-order valence-electron chi connectivity index (χ1n) is 4.79. The molecule has 1 heterocycles. The van der Waals surface area contributed by atoms with Gasteiger partial charge in [-0.05, 0) is 12.1 Å². The van der Waals surface area contributed by atoms with Gasteiger partial charge in [0.1, 0.15) is 0 Å². The van der Waals surface area contributed by atoms with Gasteiger partial charge in [0.05, 0.1) is 11.4 Å². The van der Waals surface area contributed by atoms with Crippen LogP contribution in [-0.4, -0.2) is 11.7 Å². The average molecular weight is 209 g/mol. The summed E-state index contributed by atoms with van der Waals surface area (Å²) in [6.45, 7) is 4.25. The second-order valence-corrected chi connectivity index (χ2v) is 4.06. The minimum Gasteiger partial charge on any atom is -0.324 e. The summed E-state index contributed by atoms with van der Waals surface area (Å²) in [6, 6.07) is 7.83. The Morgan fingerprint density at radius 2 is 2.00 bits per heavy atom. The van der Waals surface area contributed by atoms with Crippen LogP contribution in [0.1, 0.15) is 20.3 Å². The van der Waals surface area contributed by atoms with Crippen LogP contribution >= 0.6 is 11.8 Å². The molecule has 0 radical (unpaired) electrons. The fourth-order valence-electron chi connectivity index (χ4n) is 1.03. The molecule has 0 aliphatic carbocycles. The lowest BCUT2D eigenvalue weighted by Crippen LogP contribution is -2.18. The van der Waals surface area contributed by atoms with Crippen LogP contribution in [-0.2, 0) is 4.79 Å². The van der Waals surface area contributed by atoms with E-state index in [1.165, 1.54) is 6.42 Å². The van der Waals surface area contributed by atoms with Crippen molar-refractivity contribution >= 4 is 23.4 Å². The van der Waals surface area contributed by atoms with E-state index in [9.17, 15) is 4.79 Å². The van der Waals surface area contributed by atoms with Crippen molar-refractivity contribution in [3.63, 3.8) is 0 Å². The maximum atomic E-state index is 10.9. The van der Waals surface area contributed by atoms with Gasteiger partial charge in [0.2, 0.25) is 5.91 Å². The molecule has 0 bridgehead atoms. The van der Waals surface area contributed by atoms with Gasteiger partial charge in [0.15, 0.2) is 0 Å². The number of carbonyl (C=O) groups is 1. The SMILES string of the molecule is CCC.O=C1CSc2ccccc2N1. The molecule has 0 saturated heterocycles. The van der Waals surface area contributed by atoms with Gasteiger partial charge in [0.25, 0.3) is 0 Å². The van der Waals surface area contributed by atoms with Crippen LogP contribution in [0.5, 0.6) is 0 Å². The lowest BCUT2D eigenvalue weighted by atomic mass is 10.3. The Labute approximate surface area is 89.1 Å². The van der Waals surface area contributed by atoms with Crippen molar-refractivity contribution < 1.29 is 4.79 Å². The molecule has 1 aliphatic heterocycles. The van der Waals surface area contributed by atoms with Crippen molar-refractivity contribution in [2.45, 2.75) is 25.2 Å². The second-order valence-electron chi connectivity index (χ2n) is 3.04. The minimum absolute atomic E-state index is 0.0914. The van der Waals surface area contributed by atoms with Crippen LogP contribution in [0.2, 0.25) is 0 Å². The van der Waals surface area contributed by atoms with Gasteiger partial charge in [-0.25, -0.2) is 0 Å². The summed E-state index contributed by atoms with van der Waals surface area (Å²) in [5.74, 6) is 0.630. The first kappa shape index (κ1) is 11.1. The van der Waals surface area contributed by atoms with Gasteiger partial charge in [-0.15, -0.1) is 11.8 Å². The summed E-state index contributed by atoms with van der Waals surface area (Å²) in [6.07, 6.45) is 1.25. The highest BCUT2D eigenvalue weighted by Crippen LogP contribution is 2.30. The topological polar surface area (TPSA) is 29.1 Å². The Morgan fingerprint density at radius 3 is 2.71 bits per heavy atom. The van der Waals surface area contributed by atoms with E-state index in [1.54, 1.807) is 11.8 Å². The van der Waals surface area contributed by atoms with Crippen LogP contribution in [0.3, 0.4) is 0 Å². The molecule has 0 atom stereocenters. The summed E-state index contributed by atoms with van der Waals surface area (Å²) in [5.41, 5.74) is 0.939. The van der Waals surface area contributed by atoms with Crippen molar-refractivity contribution in [2.75, 3.05) is 11.1 Å². The van der Waals surface area contributed by atoms with Gasteiger partial charge < -0.3 is 5.32 Å². The monoisotopic (exact) mass is 209 g/mol. The van der Waals surface area contributed by atoms with Crippen molar-refractivity contribution in [1.29, 1.82) is 0 Å². The molecule has 14 heavy (non-hydrogen) atoms. The predicted molar refractivity (Wildman–Crippen MR) is 61.8 cm³/mol. The number of fused-ring (bicyclic) bond motifs is 1. The van der Waals surface area contributed by atoms with Crippen molar-refractivity contribution in [3.8, 4) is 0 Å². The van der Waals surface area contributed by atoms with Crippen LogP contribution in [0.15, 0.2) is 29.2 Å². The van der Waals surface area contributed by atoms with Crippen molar-refractivity contribution in [3.05, 3.63) is 24.3 Å². The number of amides is 1. The zero-order valence-electron chi connectivity index (χ0n) is 8.54. The molecule has 1 N–H and O–H groups in total. The third-order valence-electron chi connectivity index (χ3n) is 1.52. The third kappa shape index (κ3) is 3.07. The highest BCUT2D eigenvalue weighted by Gasteiger charge is 2.13. The van der Waals surface area contributed by atoms with E-state index in [2.05, 4.69) is 19.2 Å². The quantitative estimate of drug-likeness (QED) is 0.711. The molecule has 1 amide bonds. The van der Waals surface area contributed by atoms with E-state index in [1.807, 2.05) is 24.3 Å². The van der Waals surface area contributed by atoms with E-state index in [0.29, 0.717) is 5.75 Å². The zero-order valence-corrected chi connectivity index (χ0v) is 9.36. The lowest BCUT2D eigenvalue weighted by molar-refractivity contribution is -0.113. The number of anilines is 1. The molecule has 2 rings (SSSR count). The minimum atomic E-state index is 0.0914. The average Bonchev–Trinajstić information content (AvgIpc) is 2.19. The van der Waals surface area contributed by atoms with Crippen molar-refractivity contribution in [1.82, 2.24) is 0 Å². The van der Waals surface area contributed by atoms with Gasteiger partial charge in [0, 0.05) is 4.90 Å². The molecular formula is C11H15NOS. The van der Waals surface area contributed by atoms with Gasteiger partial charge in [-0.2, -0.15) is 0 Å². The molecule has 1 aromatic carbocycles. The standard InChI is InChI=1S/C8H7NOS.C3H8/c10-8-5-11-7-4-2-1-3-6(7)9-8;1-3-2/h1-4H,5H2,(H,9,10);3H2,1-2H3. The maximum Gasteiger partial charge on any atom is 0.234 e. The fraction of sp³-hybridized carbons (Fsp3) is 0.364. The van der Waals surface area contributed by atoms with E-state index in [4.69, 9.17) is 0 Å². The molecule has 76 valence electrons. The number of hydrogen-bond donors (Lipinski definition) is 1. The smallest absolute Gasteiger partial charge is 0.234 e. The first-order chi connectivity index (χ1) is 6.77. The number of nitrogens with one attached hydrogen (secondary N) is 1. The summed E-state index contributed by atoms with van der Waals surface area (Å²) in [5, 5.41) is 2.80. The Hall–Kier alpha value is -0.960. The van der Waals surface area contributed by atoms with Gasteiger partial charge in [-0.1, -0.05) is 32.4 Å². The van der Waals surface area contributed by atoms with Gasteiger partial charge in [-0.3, -0.25) is 4.79 Å². The second kappa shape index (κ2) is 5.70. The van der Waals surface area contributed by atoms with E-state index in [0.717, 1.165) is 10.6 Å². The van der Waals surface area contributed by atoms with E-state index >= 15 is 0 Å². The molecule has 1 aliphatic rings. The van der Waals surface area contributed by atoms with E-state index < -0.39 is 0 Å². The summed E-state index contributed by atoms with van der Waals surface area (Å²) in [7, 11) is 0. The van der Waals surface area contributed by atoms with E-state index in [-0.39, 0.29) is 5.91 Å². The number of benzene rings is 1. The van der Waals surface area contributed by atoms with Crippen molar-refractivity contribution in [2.24, 2.45) is 0 Å². The van der Waals surface area contributed by atoms with Crippen LogP contribution < -0.4 is 5.32 Å². The molecule has 2 nitrogen and oxygen atoms in total. The summed E-state index contributed by atoms with van der Waals surface area (Å²) >= 11 is 1.58. The number of carbonyl (C=O) groups excluding carboxylic acids is 1. The molecule has 1 aromatic rings. The molecule has 0 spiro atoms. The van der Waals surface area contributed by atoms with Crippen LogP contribution in [0.4, 0.5) is 5.69 Å². The fourth-order valence-corrected chi connectivity index (χ4v) is 1.83. The molecule has 0 aromatic heterocycles. The molecule has 0 unspecified atom stereocenters. The first-order valence-corrected chi connectivity index (χ1v) is 5.78. The molecule has 3 heteroatoms. The molecule has 0 saturated carbocycles. The Morgan fingerprint density at radius 1 is 1.36 bits per heavy atom. The highest BCUT2D eigenvalue weighted by atomic mass is 32.2. The maximum absolute atomic E-state index is 10.9. The number of para-hydroxylation sites is 1. The Bertz CT molecular complexity index is 312. The number of rotatable bonds is 0. The number of hydrogen-bond acceptors (Lipinski definition) is 2. The summed E-state index contributed by atoms with van der Waals surface area (Å²) < 4.78 is 0. The lowest BCUT2D eigenvalue weighted by Gasteiger charge is -2.14. The zero-order chi connectivity index (χ0) is 10.4. The normalized spacial score (nSPS) is 13.4. The highest BCUT2D eigenvalue weighted by molar-refractivity contribution is 8.00. The Kier molecular flexibility index (Phi) is 4.53. The van der Waals surface area contributed by atoms with Crippen LogP contribution in [0.25, 0.3) is 0 Å². The number of thioether (sulfide) groups is 1. The summed E-state index contributed by atoms with van der Waals surface area (Å²) in [4.78, 5) is 12.1. The van der Waals surface area contributed by atoms with Gasteiger partial charge >= 0.3 is 0 Å². The molecule has 0 fully saturated rings. The predicted octanol–water partition coefficient (Wildman–Crippen LogP) is 3.15. The molecular weight excluding hydrogens is 194 g/mol. The largest absolute Gasteiger partial charge is 0.324 e. The Balaban J connectivity index is 0.000000293. The third-order valence-corrected chi connectivity index (χ3v) is 2.59.